The molecule has 0 amide bonds. The van der Waals surface area contributed by atoms with E-state index in [1.807, 2.05) is 30.3 Å². The lowest BCUT2D eigenvalue weighted by atomic mass is 9.73. The van der Waals surface area contributed by atoms with Gasteiger partial charge in [0, 0.05) is 5.92 Å². The Morgan fingerprint density at radius 2 is 1.70 bits per heavy atom. The molecule has 2 saturated heterocycles. The molecular formula is C19H26NO3+. The maximum absolute atomic E-state index is 13.1. The summed E-state index contributed by atoms with van der Waals surface area (Å²) in [6, 6.07) is 10.0. The molecule has 1 unspecified atom stereocenters. The van der Waals surface area contributed by atoms with Crippen LogP contribution in [0.2, 0.25) is 0 Å². The molecule has 2 heterocycles. The first-order valence-corrected chi connectivity index (χ1v) is 9.06. The van der Waals surface area contributed by atoms with Gasteiger partial charge in [0.05, 0.1) is 25.9 Å². The highest BCUT2D eigenvalue weighted by Crippen LogP contribution is 2.51. The van der Waals surface area contributed by atoms with Gasteiger partial charge in [-0.25, -0.2) is 4.79 Å². The Balaban J connectivity index is 1.75. The van der Waals surface area contributed by atoms with Gasteiger partial charge in [-0.3, -0.25) is 0 Å². The topological polar surface area (TPSA) is 52.1 Å². The third-order valence-electron chi connectivity index (χ3n) is 5.77. The Morgan fingerprint density at radius 1 is 1.00 bits per heavy atom. The maximum atomic E-state index is 13.1. The number of piperidine rings is 1. The van der Waals surface area contributed by atoms with Crippen LogP contribution >= 0.6 is 0 Å². The van der Waals surface area contributed by atoms with E-state index in [4.69, 9.17) is 9.47 Å². The molecule has 124 valence electrons. The molecule has 1 aromatic carbocycles. The molecule has 1 aromatic rings. The number of carbonyl (C=O) groups is 1. The standard InChI is InChI=1S/C19H25NO3/c21-17-19(15-7-3-1-4-8-15,16-9-5-2-6-10-16)23-18(22-17)11-13-20-14-12-18/h1,3-4,7-8,16,20H,2,5-6,9-14H2/p+1. The maximum Gasteiger partial charge on any atom is 0.346 e. The van der Waals surface area contributed by atoms with Crippen LogP contribution in [0.5, 0.6) is 0 Å². The molecule has 3 fully saturated rings. The molecule has 0 radical (unpaired) electrons. The van der Waals surface area contributed by atoms with Gasteiger partial charge in [-0.05, 0) is 18.4 Å². The van der Waals surface area contributed by atoms with Crippen LogP contribution in [0.25, 0.3) is 0 Å². The van der Waals surface area contributed by atoms with E-state index in [0.717, 1.165) is 44.3 Å². The van der Waals surface area contributed by atoms with Gasteiger partial charge in [0.2, 0.25) is 5.79 Å². The number of quaternary nitrogens is 1. The molecule has 1 saturated carbocycles. The molecular weight excluding hydrogens is 290 g/mol. The summed E-state index contributed by atoms with van der Waals surface area (Å²) >= 11 is 0. The van der Waals surface area contributed by atoms with Crippen molar-refractivity contribution in [2.24, 2.45) is 5.92 Å². The minimum absolute atomic E-state index is 0.155. The fraction of sp³-hybridized carbons (Fsp3) is 0.632. The fourth-order valence-corrected chi connectivity index (χ4v) is 4.58. The van der Waals surface area contributed by atoms with Crippen LogP contribution in [0.1, 0.15) is 50.5 Å². The van der Waals surface area contributed by atoms with Gasteiger partial charge in [-0.15, -0.1) is 0 Å². The second-order valence-electron chi connectivity index (χ2n) is 7.20. The van der Waals surface area contributed by atoms with Crippen LogP contribution in [0.4, 0.5) is 0 Å². The van der Waals surface area contributed by atoms with E-state index in [-0.39, 0.29) is 11.9 Å². The van der Waals surface area contributed by atoms with Crippen molar-refractivity contribution >= 4 is 5.97 Å². The molecule has 0 aromatic heterocycles. The number of esters is 1. The smallest absolute Gasteiger partial charge is 0.346 e. The first-order chi connectivity index (χ1) is 11.3. The SMILES string of the molecule is O=C1OC2(CC[NH2+]CC2)OC1(c1ccccc1)C1CCCCC1. The highest BCUT2D eigenvalue weighted by atomic mass is 16.8. The number of rotatable bonds is 2. The molecule has 2 aliphatic heterocycles. The summed E-state index contributed by atoms with van der Waals surface area (Å²) in [6.45, 7) is 1.92. The zero-order valence-corrected chi connectivity index (χ0v) is 13.6. The van der Waals surface area contributed by atoms with Crippen LogP contribution in [0.15, 0.2) is 30.3 Å². The van der Waals surface area contributed by atoms with E-state index in [1.54, 1.807) is 0 Å². The summed E-state index contributed by atoms with van der Waals surface area (Å²) in [5.74, 6) is -0.618. The number of hydrogen-bond donors (Lipinski definition) is 1. The van der Waals surface area contributed by atoms with Gasteiger partial charge in [0.1, 0.15) is 0 Å². The molecule has 4 rings (SSSR count). The summed E-state index contributed by atoms with van der Waals surface area (Å²) in [4.78, 5) is 13.1. The van der Waals surface area contributed by atoms with Crippen LogP contribution < -0.4 is 5.32 Å². The molecule has 0 bridgehead atoms. The first kappa shape index (κ1) is 15.2. The van der Waals surface area contributed by atoms with Crippen molar-refractivity contribution in [1.29, 1.82) is 0 Å². The van der Waals surface area contributed by atoms with Crippen LogP contribution in [0.3, 0.4) is 0 Å². The van der Waals surface area contributed by atoms with E-state index < -0.39 is 11.4 Å². The quantitative estimate of drug-likeness (QED) is 0.850. The average Bonchev–Trinajstić information content (AvgIpc) is 2.90. The van der Waals surface area contributed by atoms with Gasteiger partial charge in [0.15, 0.2) is 5.60 Å². The Morgan fingerprint density at radius 3 is 2.39 bits per heavy atom. The number of benzene rings is 1. The number of carbonyl (C=O) groups excluding carboxylic acids is 1. The molecule has 1 atom stereocenters. The molecule has 1 spiro atoms. The van der Waals surface area contributed by atoms with E-state index in [2.05, 4.69) is 5.32 Å². The molecule has 1 aliphatic carbocycles. The van der Waals surface area contributed by atoms with E-state index >= 15 is 0 Å². The molecule has 3 aliphatic rings. The predicted octanol–water partition coefficient (Wildman–Crippen LogP) is 2.09. The highest BCUT2D eigenvalue weighted by molar-refractivity contribution is 5.84. The molecule has 2 N–H and O–H groups in total. The largest absolute Gasteiger partial charge is 0.430 e. The second kappa shape index (κ2) is 5.91. The Kier molecular flexibility index (Phi) is 3.90. The van der Waals surface area contributed by atoms with Crippen molar-refractivity contribution in [2.75, 3.05) is 13.1 Å². The normalized spacial score (nSPS) is 31.2. The van der Waals surface area contributed by atoms with Crippen LogP contribution in [0, 0.1) is 5.92 Å². The minimum atomic E-state index is -0.890. The Bertz CT molecular complexity index is 561. The van der Waals surface area contributed by atoms with Crippen molar-refractivity contribution in [2.45, 2.75) is 56.3 Å². The Labute approximate surface area is 137 Å². The van der Waals surface area contributed by atoms with Gasteiger partial charge in [-0.2, -0.15) is 0 Å². The number of ether oxygens (including phenoxy) is 2. The van der Waals surface area contributed by atoms with Crippen molar-refractivity contribution in [3.63, 3.8) is 0 Å². The summed E-state index contributed by atoms with van der Waals surface area (Å²) in [5, 5.41) is 2.27. The van der Waals surface area contributed by atoms with Gasteiger partial charge in [0.25, 0.3) is 0 Å². The summed E-state index contributed by atoms with van der Waals surface area (Å²) in [6.07, 6.45) is 7.29. The van der Waals surface area contributed by atoms with Gasteiger partial charge < -0.3 is 14.8 Å². The van der Waals surface area contributed by atoms with Gasteiger partial charge in [-0.1, -0.05) is 49.6 Å². The zero-order valence-electron chi connectivity index (χ0n) is 13.6. The lowest BCUT2D eigenvalue weighted by Crippen LogP contribution is -2.88. The lowest BCUT2D eigenvalue weighted by Gasteiger charge is -2.38. The zero-order chi connectivity index (χ0) is 15.8. The van der Waals surface area contributed by atoms with Crippen molar-refractivity contribution in [3.05, 3.63) is 35.9 Å². The molecule has 4 heteroatoms. The third-order valence-corrected chi connectivity index (χ3v) is 5.77. The Hall–Kier alpha value is -1.39. The van der Waals surface area contributed by atoms with Crippen LogP contribution in [-0.2, 0) is 19.9 Å². The van der Waals surface area contributed by atoms with E-state index in [9.17, 15) is 4.79 Å². The summed E-state index contributed by atoms with van der Waals surface area (Å²) in [7, 11) is 0. The van der Waals surface area contributed by atoms with Crippen molar-refractivity contribution < 1.29 is 19.6 Å². The molecule has 4 nitrogen and oxygen atoms in total. The lowest BCUT2D eigenvalue weighted by molar-refractivity contribution is -0.672. The highest BCUT2D eigenvalue weighted by Gasteiger charge is 2.62. The van der Waals surface area contributed by atoms with Crippen LogP contribution in [-0.4, -0.2) is 24.8 Å². The fourth-order valence-electron chi connectivity index (χ4n) is 4.58. The monoisotopic (exact) mass is 316 g/mol. The third kappa shape index (κ3) is 2.48. The van der Waals surface area contributed by atoms with Gasteiger partial charge >= 0.3 is 5.97 Å². The summed E-state index contributed by atoms with van der Waals surface area (Å²) < 4.78 is 12.6. The van der Waals surface area contributed by atoms with Crippen molar-refractivity contribution in [1.82, 2.24) is 0 Å². The van der Waals surface area contributed by atoms with E-state index in [1.165, 1.54) is 19.3 Å². The minimum Gasteiger partial charge on any atom is -0.430 e. The van der Waals surface area contributed by atoms with Crippen molar-refractivity contribution in [3.8, 4) is 0 Å². The second-order valence-corrected chi connectivity index (χ2v) is 7.20. The number of hydrogen-bond acceptors (Lipinski definition) is 3. The molecule has 23 heavy (non-hydrogen) atoms. The predicted molar refractivity (Wildman–Crippen MR) is 85.5 cm³/mol. The first-order valence-electron chi connectivity index (χ1n) is 9.06. The summed E-state index contributed by atoms with van der Waals surface area (Å²) in [5.41, 5.74) is 0.0854. The van der Waals surface area contributed by atoms with E-state index in [0.29, 0.717) is 0 Å². The number of nitrogens with two attached hydrogens (primary N) is 1. The average molecular weight is 316 g/mol.